The Labute approximate surface area is 113 Å². The summed E-state index contributed by atoms with van der Waals surface area (Å²) in [7, 11) is 1.91. The van der Waals surface area contributed by atoms with Crippen LogP contribution in [0, 0.1) is 5.92 Å². The molecule has 0 saturated carbocycles. The molecule has 1 heterocycles. The fourth-order valence-electron chi connectivity index (χ4n) is 1.64. The highest BCUT2D eigenvalue weighted by molar-refractivity contribution is 6.32. The largest absolute Gasteiger partial charge is 0.382 e. The molecule has 2 N–H and O–H groups in total. The molecule has 1 unspecified atom stereocenters. The summed E-state index contributed by atoms with van der Waals surface area (Å²) in [5.41, 5.74) is 0.347. The molecule has 6 heteroatoms. The van der Waals surface area contributed by atoms with E-state index < -0.39 is 0 Å². The van der Waals surface area contributed by atoms with Crippen LogP contribution in [0.4, 0.5) is 5.69 Å². The van der Waals surface area contributed by atoms with Crippen LogP contribution in [0.5, 0.6) is 0 Å². The Kier molecular flexibility index (Phi) is 5.62. The summed E-state index contributed by atoms with van der Waals surface area (Å²) >= 11 is 6.05. The number of hydrogen-bond acceptors (Lipinski definition) is 4. The molecule has 0 aliphatic rings. The number of nitrogens with zero attached hydrogens (tertiary/aromatic N) is 2. The van der Waals surface area contributed by atoms with E-state index in [1.165, 1.54) is 4.68 Å². The van der Waals surface area contributed by atoms with E-state index in [1.807, 2.05) is 20.9 Å². The molecule has 0 fully saturated rings. The Morgan fingerprint density at radius 2 is 2.06 bits per heavy atom. The van der Waals surface area contributed by atoms with Gasteiger partial charge in [0.1, 0.15) is 5.02 Å². The highest BCUT2D eigenvalue weighted by atomic mass is 35.5. The maximum atomic E-state index is 11.9. The van der Waals surface area contributed by atoms with Gasteiger partial charge >= 0.3 is 0 Å². The van der Waals surface area contributed by atoms with Crippen LogP contribution >= 0.6 is 11.6 Å². The van der Waals surface area contributed by atoms with Crippen LogP contribution in [0.1, 0.15) is 26.8 Å². The molecule has 0 saturated heterocycles. The van der Waals surface area contributed by atoms with Crippen LogP contribution in [0.2, 0.25) is 5.02 Å². The van der Waals surface area contributed by atoms with Gasteiger partial charge in [-0.05, 0) is 33.4 Å². The second kappa shape index (κ2) is 6.75. The third kappa shape index (κ3) is 3.71. The van der Waals surface area contributed by atoms with Gasteiger partial charge in [-0.25, -0.2) is 4.68 Å². The van der Waals surface area contributed by atoms with Gasteiger partial charge in [-0.2, -0.15) is 5.10 Å². The van der Waals surface area contributed by atoms with E-state index in [9.17, 15) is 4.79 Å². The molecule has 0 bridgehead atoms. The average Bonchev–Trinajstić information content (AvgIpc) is 2.31. The Hall–Kier alpha value is -1.07. The molecule has 0 aliphatic heterocycles. The first kappa shape index (κ1) is 15.0. The second-order valence-corrected chi connectivity index (χ2v) is 5.14. The Morgan fingerprint density at radius 3 is 2.61 bits per heavy atom. The van der Waals surface area contributed by atoms with Crippen molar-refractivity contribution in [2.75, 3.05) is 25.5 Å². The molecule has 18 heavy (non-hydrogen) atoms. The molecular weight excluding hydrogens is 252 g/mol. The van der Waals surface area contributed by atoms with Crippen molar-refractivity contribution in [2.45, 2.75) is 26.8 Å². The van der Waals surface area contributed by atoms with E-state index >= 15 is 0 Å². The highest BCUT2D eigenvalue weighted by Crippen LogP contribution is 2.16. The zero-order valence-electron chi connectivity index (χ0n) is 11.3. The fraction of sp³-hybridized carbons (Fsp3) is 0.667. The predicted molar refractivity (Wildman–Crippen MR) is 75.5 cm³/mol. The summed E-state index contributed by atoms with van der Waals surface area (Å²) in [6.45, 7) is 7.55. The van der Waals surface area contributed by atoms with Crippen molar-refractivity contribution >= 4 is 17.3 Å². The van der Waals surface area contributed by atoms with Crippen LogP contribution in [-0.2, 0) is 0 Å². The third-order valence-corrected chi connectivity index (χ3v) is 2.99. The van der Waals surface area contributed by atoms with Gasteiger partial charge in [-0.3, -0.25) is 4.79 Å². The number of anilines is 1. The molecule has 1 aromatic heterocycles. The first-order chi connectivity index (χ1) is 8.47. The van der Waals surface area contributed by atoms with Crippen molar-refractivity contribution in [3.05, 3.63) is 21.6 Å². The quantitative estimate of drug-likeness (QED) is 0.828. The van der Waals surface area contributed by atoms with Crippen molar-refractivity contribution in [1.82, 2.24) is 15.1 Å². The van der Waals surface area contributed by atoms with Gasteiger partial charge in [0.25, 0.3) is 5.56 Å². The third-order valence-electron chi connectivity index (χ3n) is 2.63. The van der Waals surface area contributed by atoms with Crippen LogP contribution in [0.15, 0.2) is 11.0 Å². The van der Waals surface area contributed by atoms with E-state index in [0.717, 1.165) is 13.1 Å². The fourth-order valence-corrected chi connectivity index (χ4v) is 1.84. The summed E-state index contributed by atoms with van der Waals surface area (Å²) in [4.78, 5) is 11.9. The Balaban J connectivity index is 2.80. The van der Waals surface area contributed by atoms with E-state index in [-0.39, 0.29) is 16.6 Å². The van der Waals surface area contributed by atoms with Gasteiger partial charge in [0.15, 0.2) is 0 Å². The predicted octanol–water partition coefficient (Wildman–Crippen LogP) is 1.74. The molecule has 1 atom stereocenters. The first-order valence-corrected chi connectivity index (χ1v) is 6.51. The molecular formula is C12H21ClN4O. The SMILES string of the molecule is CNCC(C)CNc1cnn(C(C)C)c(=O)c1Cl. The summed E-state index contributed by atoms with van der Waals surface area (Å²) < 4.78 is 1.38. The first-order valence-electron chi connectivity index (χ1n) is 6.13. The monoisotopic (exact) mass is 272 g/mol. The van der Waals surface area contributed by atoms with E-state index in [0.29, 0.717) is 11.6 Å². The maximum absolute atomic E-state index is 11.9. The lowest BCUT2D eigenvalue weighted by molar-refractivity contribution is 0.502. The molecule has 102 valence electrons. The number of halogens is 1. The summed E-state index contributed by atoms with van der Waals surface area (Å²) in [5.74, 6) is 0.443. The van der Waals surface area contributed by atoms with Gasteiger partial charge in [0, 0.05) is 6.54 Å². The molecule has 1 rings (SSSR count). The molecule has 0 aliphatic carbocycles. The summed E-state index contributed by atoms with van der Waals surface area (Å²) in [6, 6.07) is 0.00673. The average molecular weight is 273 g/mol. The summed E-state index contributed by atoms with van der Waals surface area (Å²) in [6.07, 6.45) is 1.61. The smallest absolute Gasteiger partial charge is 0.287 e. The van der Waals surface area contributed by atoms with Gasteiger partial charge in [0.2, 0.25) is 0 Å². The van der Waals surface area contributed by atoms with Gasteiger partial charge in [-0.1, -0.05) is 18.5 Å². The minimum Gasteiger partial charge on any atom is -0.382 e. The zero-order chi connectivity index (χ0) is 13.7. The summed E-state index contributed by atoms with van der Waals surface area (Å²) in [5, 5.41) is 10.6. The van der Waals surface area contributed by atoms with Crippen LogP contribution < -0.4 is 16.2 Å². The van der Waals surface area contributed by atoms with Gasteiger partial charge < -0.3 is 10.6 Å². The molecule has 5 nitrogen and oxygen atoms in total. The van der Waals surface area contributed by atoms with E-state index in [4.69, 9.17) is 11.6 Å². The van der Waals surface area contributed by atoms with Crippen LogP contribution in [0.25, 0.3) is 0 Å². The van der Waals surface area contributed by atoms with Crippen molar-refractivity contribution in [1.29, 1.82) is 0 Å². The number of hydrogen-bond donors (Lipinski definition) is 2. The van der Waals surface area contributed by atoms with Crippen molar-refractivity contribution in [3.8, 4) is 0 Å². The Bertz CT molecular complexity index is 444. The van der Waals surface area contributed by atoms with Crippen LogP contribution in [0.3, 0.4) is 0 Å². The van der Waals surface area contributed by atoms with Gasteiger partial charge in [0.05, 0.1) is 17.9 Å². The highest BCUT2D eigenvalue weighted by Gasteiger charge is 2.11. The lowest BCUT2D eigenvalue weighted by atomic mass is 10.2. The maximum Gasteiger partial charge on any atom is 0.287 e. The Morgan fingerprint density at radius 1 is 1.39 bits per heavy atom. The molecule has 0 aromatic carbocycles. The van der Waals surface area contributed by atoms with Crippen LogP contribution in [-0.4, -0.2) is 29.9 Å². The molecule has 0 radical (unpaired) electrons. The van der Waals surface area contributed by atoms with E-state index in [1.54, 1.807) is 6.20 Å². The molecule has 1 aromatic rings. The number of aromatic nitrogens is 2. The van der Waals surface area contributed by atoms with Gasteiger partial charge in [-0.15, -0.1) is 0 Å². The minimum absolute atomic E-state index is 0.00673. The van der Waals surface area contributed by atoms with E-state index in [2.05, 4.69) is 22.7 Å². The normalized spacial score (nSPS) is 12.8. The lowest BCUT2D eigenvalue weighted by Crippen LogP contribution is -2.27. The topological polar surface area (TPSA) is 59.0 Å². The zero-order valence-corrected chi connectivity index (χ0v) is 12.1. The van der Waals surface area contributed by atoms with Crippen molar-refractivity contribution in [3.63, 3.8) is 0 Å². The number of nitrogens with one attached hydrogen (secondary N) is 2. The molecule has 0 spiro atoms. The number of rotatable bonds is 6. The standard InChI is InChI=1S/C12H21ClN4O/c1-8(2)17-12(18)11(13)10(7-16-17)15-6-9(3)5-14-4/h7-9,14-15H,5-6H2,1-4H3. The second-order valence-electron chi connectivity index (χ2n) is 4.76. The van der Waals surface area contributed by atoms with Crippen molar-refractivity contribution < 1.29 is 0 Å². The van der Waals surface area contributed by atoms with Crippen molar-refractivity contribution in [2.24, 2.45) is 5.92 Å². The lowest BCUT2D eigenvalue weighted by Gasteiger charge is -2.15. The molecule has 0 amide bonds. The minimum atomic E-state index is -0.252.